The molecule has 0 aromatic heterocycles. The van der Waals surface area contributed by atoms with Gasteiger partial charge in [0, 0.05) is 45.0 Å². The third kappa shape index (κ3) is 4.34. The van der Waals surface area contributed by atoms with Crippen LogP contribution in [0.5, 0.6) is 0 Å². The van der Waals surface area contributed by atoms with Crippen LogP contribution in [-0.4, -0.2) is 53.0 Å². The Morgan fingerprint density at radius 1 is 1.15 bits per heavy atom. The van der Waals surface area contributed by atoms with Gasteiger partial charge >= 0.3 is 0 Å². The molecule has 1 aliphatic carbocycles. The minimum Gasteiger partial charge on any atom is -0.396 e. The lowest BCUT2D eigenvalue weighted by Gasteiger charge is -2.47. The van der Waals surface area contributed by atoms with Gasteiger partial charge in [-0.15, -0.1) is 0 Å². The van der Waals surface area contributed by atoms with E-state index in [0.717, 1.165) is 31.2 Å². The minimum absolute atomic E-state index is 0.0156. The van der Waals surface area contributed by atoms with Gasteiger partial charge in [-0.1, -0.05) is 49.6 Å². The fourth-order valence-electron chi connectivity index (χ4n) is 4.84. The third-order valence-corrected chi connectivity index (χ3v) is 6.44. The highest BCUT2D eigenvalue weighted by atomic mass is 16.3. The van der Waals surface area contributed by atoms with E-state index in [1.807, 2.05) is 47.2 Å². The van der Waals surface area contributed by atoms with Gasteiger partial charge in [-0.2, -0.15) is 0 Å². The molecule has 2 aliphatic rings. The van der Waals surface area contributed by atoms with Crippen LogP contribution in [0.1, 0.15) is 57.1 Å². The Morgan fingerprint density at radius 3 is 2.41 bits per heavy atom. The highest BCUT2D eigenvalue weighted by Crippen LogP contribution is 2.37. The molecule has 0 unspecified atom stereocenters. The summed E-state index contributed by atoms with van der Waals surface area (Å²) < 4.78 is 0. The van der Waals surface area contributed by atoms with E-state index >= 15 is 0 Å². The van der Waals surface area contributed by atoms with Crippen LogP contribution in [0.4, 0.5) is 0 Å². The Hall–Kier alpha value is -1.88. The summed E-state index contributed by atoms with van der Waals surface area (Å²) in [6.07, 6.45) is 6.10. The molecule has 2 amide bonds. The Bertz CT molecular complexity index is 642. The van der Waals surface area contributed by atoms with E-state index in [1.54, 1.807) is 6.92 Å². The number of amides is 2. The molecule has 1 N–H and O–H groups in total. The van der Waals surface area contributed by atoms with Crippen molar-refractivity contribution in [1.82, 2.24) is 9.80 Å². The molecule has 3 atom stereocenters. The molecule has 1 aromatic carbocycles. The summed E-state index contributed by atoms with van der Waals surface area (Å²) in [5.41, 5.74) is 1.09. The predicted molar refractivity (Wildman–Crippen MR) is 105 cm³/mol. The van der Waals surface area contributed by atoms with E-state index in [0.29, 0.717) is 13.0 Å². The molecule has 1 saturated heterocycles. The number of hydrogen-bond acceptors (Lipinski definition) is 3. The van der Waals surface area contributed by atoms with E-state index in [2.05, 4.69) is 0 Å². The Kier molecular flexibility index (Phi) is 6.53. The maximum absolute atomic E-state index is 13.1. The van der Waals surface area contributed by atoms with Gasteiger partial charge in [0.2, 0.25) is 11.8 Å². The largest absolute Gasteiger partial charge is 0.396 e. The number of nitrogens with zero attached hydrogens (tertiary/aromatic N) is 2. The van der Waals surface area contributed by atoms with Crippen LogP contribution in [-0.2, 0) is 9.59 Å². The van der Waals surface area contributed by atoms with Gasteiger partial charge in [-0.05, 0) is 24.8 Å². The zero-order valence-corrected chi connectivity index (χ0v) is 16.5. The molecule has 5 heteroatoms. The molecule has 2 fully saturated rings. The molecule has 0 spiro atoms. The molecule has 5 nitrogen and oxygen atoms in total. The molecule has 148 valence electrons. The smallest absolute Gasteiger partial charge is 0.225 e. The molecule has 1 aromatic rings. The first-order valence-electron chi connectivity index (χ1n) is 10.2. The van der Waals surface area contributed by atoms with Crippen LogP contribution in [0, 0.1) is 11.8 Å². The fraction of sp³-hybridized carbons (Fsp3) is 0.636. The fourth-order valence-corrected chi connectivity index (χ4v) is 4.84. The lowest BCUT2D eigenvalue weighted by atomic mass is 9.82. The van der Waals surface area contributed by atoms with Crippen molar-refractivity contribution in [3.05, 3.63) is 35.9 Å². The molecule has 27 heavy (non-hydrogen) atoms. The van der Waals surface area contributed by atoms with E-state index in [4.69, 9.17) is 0 Å². The summed E-state index contributed by atoms with van der Waals surface area (Å²) in [7, 11) is 1.88. The lowest BCUT2D eigenvalue weighted by Crippen LogP contribution is -2.55. The van der Waals surface area contributed by atoms with Crippen LogP contribution in [0.15, 0.2) is 30.3 Å². The van der Waals surface area contributed by atoms with E-state index in [-0.39, 0.29) is 42.3 Å². The number of likely N-dealkylation sites (tertiary alicyclic amines) is 1. The zero-order chi connectivity index (χ0) is 19.4. The third-order valence-electron chi connectivity index (χ3n) is 6.44. The zero-order valence-electron chi connectivity index (χ0n) is 16.5. The highest BCUT2D eigenvalue weighted by molar-refractivity contribution is 5.79. The second-order valence-electron chi connectivity index (χ2n) is 8.13. The van der Waals surface area contributed by atoms with Crippen molar-refractivity contribution in [3.63, 3.8) is 0 Å². The van der Waals surface area contributed by atoms with Crippen molar-refractivity contribution in [3.8, 4) is 0 Å². The second-order valence-corrected chi connectivity index (χ2v) is 8.13. The van der Waals surface area contributed by atoms with Crippen LogP contribution < -0.4 is 0 Å². The highest BCUT2D eigenvalue weighted by Gasteiger charge is 2.41. The first-order valence-corrected chi connectivity index (χ1v) is 10.2. The maximum Gasteiger partial charge on any atom is 0.225 e. The SMILES string of the molecule is CC(=O)N1C[C@@H](CO)[C@@H](N(C)C(=O)C2CCCCC2)C[C@H]1c1ccccc1. The standard InChI is InChI=1S/C22H32N2O3/c1-16(26)24-14-19(15-25)20(13-21(24)17-9-5-3-6-10-17)23(2)22(27)18-11-7-4-8-12-18/h3,5-6,9-10,18-21,25H,4,7-8,11-15H2,1-2H3/t19-,20-,21-/m0/s1. The van der Waals surface area contributed by atoms with E-state index in [9.17, 15) is 14.7 Å². The summed E-state index contributed by atoms with van der Waals surface area (Å²) >= 11 is 0. The van der Waals surface area contributed by atoms with Crippen molar-refractivity contribution in [2.75, 3.05) is 20.2 Å². The molecule has 1 saturated carbocycles. The van der Waals surface area contributed by atoms with Crippen molar-refractivity contribution >= 4 is 11.8 Å². The van der Waals surface area contributed by atoms with Gasteiger partial charge in [-0.3, -0.25) is 9.59 Å². The molecule has 1 heterocycles. The number of carbonyl (C=O) groups is 2. The first-order chi connectivity index (χ1) is 13.0. The van der Waals surface area contributed by atoms with Gasteiger partial charge in [0.15, 0.2) is 0 Å². The van der Waals surface area contributed by atoms with Gasteiger partial charge in [0.1, 0.15) is 0 Å². The number of carbonyl (C=O) groups excluding carboxylic acids is 2. The molecule has 0 bridgehead atoms. The van der Waals surface area contributed by atoms with Crippen LogP contribution in [0.25, 0.3) is 0 Å². The van der Waals surface area contributed by atoms with Gasteiger partial charge in [0.25, 0.3) is 0 Å². The Labute approximate surface area is 162 Å². The van der Waals surface area contributed by atoms with Gasteiger partial charge < -0.3 is 14.9 Å². The summed E-state index contributed by atoms with van der Waals surface area (Å²) in [6, 6.07) is 9.91. The van der Waals surface area contributed by atoms with Crippen molar-refractivity contribution in [2.45, 2.75) is 57.5 Å². The van der Waals surface area contributed by atoms with Gasteiger partial charge in [-0.25, -0.2) is 0 Å². The van der Waals surface area contributed by atoms with Crippen LogP contribution in [0.2, 0.25) is 0 Å². The quantitative estimate of drug-likeness (QED) is 0.884. The van der Waals surface area contributed by atoms with Crippen LogP contribution in [0.3, 0.4) is 0 Å². The van der Waals surface area contributed by atoms with Crippen molar-refractivity contribution < 1.29 is 14.7 Å². The Balaban J connectivity index is 1.82. The number of benzene rings is 1. The number of aliphatic hydroxyl groups excluding tert-OH is 1. The van der Waals surface area contributed by atoms with E-state index in [1.165, 1.54) is 6.42 Å². The van der Waals surface area contributed by atoms with Crippen molar-refractivity contribution in [1.29, 1.82) is 0 Å². The van der Waals surface area contributed by atoms with Crippen LogP contribution >= 0.6 is 0 Å². The summed E-state index contributed by atoms with van der Waals surface area (Å²) in [6.45, 7) is 2.05. The molecular formula is C22H32N2O3. The second kappa shape index (κ2) is 8.87. The number of piperidine rings is 1. The van der Waals surface area contributed by atoms with E-state index < -0.39 is 0 Å². The average molecular weight is 373 g/mol. The average Bonchev–Trinajstić information content (AvgIpc) is 2.72. The molecule has 0 radical (unpaired) electrons. The van der Waals surface area contributed by atoms with Crippen molar-refractivity contribution in [2.24, 2.45) is 11.8 Å². The summed E-state index contributed by atoms with van der Waals surface area (Å²) in [5.74, 6) is 0.235. The summed E-state index contributed by atoms with van der Waals surface area (Å²) in [5, 5.41) is 9.98. The molecule has 1 aliphatic heterocycles. The first kappa shape index (κ1) is 19.9. The number of aliphatic hydroxyl groups is 1. The van der Waals surface area contributed by atoms with Gasteiger partial charge in [0.05, 0.1) is 6.04 Å². The minimum atomic E-state index is -0.105. The monoisotopic (exact) mass is 372 g/mol. The maximum atomic E-state index is 13.1. The summed E-state index contributed by atoms with van der Waals surface area (Å²) in [4.78, 5) is 29.1. The number of rotatable bonds is 4. The number of hydrogen-bond donors (Lipinski definition) is 1. The predicted octanol–water partition coefficient (Wildman–Crippen LogP) is 3.00. The lowest BCUT2D eigenvalue weighted by molar-refractivity contribution is -0.144. The topological polar surface area (TPSA) is 60.9 Å². The normalized spacial score (nSPS) is 26.6. The molecule has 3 rings (SSSR count). The Morgan fingerprint density at radius 2 is 1.81 bits per heavy atom. The molecular weight excluding hydrogens is 340 g/mol.